The van der Waals surface area contributed by atoms with E-state index < -0.39 is 0 Å². The lowest BCUT2D eigenvalue weighted by atomic mass is 9.82. The molecule has 0 bridgehead atoms. The zero-order chi connectivity index (χ0) is 70.5. The molecule has 16 aromatic rings. The summed E-state index contributed by atoms with van der Waals surface area (Å²) >= 11 is 0. The largest absolute Gasteiger partial charge is 0.253 e. The quantitative estimate of drug-likeness (QED) is 0.119. The number of aryl methyl sites for hydroxylation is 4. The molecule has 0 saturated heterocycles. The highest BCUT2D eigenvalue weighted by atomic mass is 15.1. The van der Waals surface area contributed by atoms with E-state index in [-0.39, 0.29) is 5.41 Å². The van der Waals surface area contributed by atoms with E-state index in [0.29, 0.717) is 58.2 Å². The van der Waals surface area contributed by atoms with E-state index >= 15 is 0 Å². The van der Waals surface area contributed by atoms with Crippen LogP contribution in [0.2, 0.25) is 0 Å². The molecule has 496 valence electrons. The van der Waals surface area contributed by atoms with Crippen molar-refractivity contribution in [3.8, 4) is 136 Å². The average Bonchev–Trinajstić information content (AvgIpc) is 1.58. The predicted octanol–water partition coefficient (Wildman–Crippen LogP) is 20.2. The summed E-state index contributed by atoms with van der Waals surface area (Å²) in [6.07, 6.45) is 3.59. The summed E-state index contributed by atoms with van der Waals surface area (Å²) in [5.74, 6) is 8.15. The normalized spacial score (nSPS) is 11.5. The van der Waals surface area contributed by atoms with Gasteiger partial charge in [0.2, 0.25) is 0 Å². The molecule has 0 N–H and O–H groups in total. The van der Waals surface area contributed by atoms with Crippen LogP contribution in [0.4, 0.5) is 0 Å². The first-order chi connectivity index (χ1) is 50.4. The molecule has 1 aliphatic rings. The molecule has 0 amide bonds. The lowest BCUT2D eigenvalue weighted by molar-refractivity contribution is 0.660. The lowest BCUT2D eigenvalue weighted by Crippen LogP contribution is -2.15. The minimum absolute atomic E-state index is 0.0354. The van der Waals surface area contributed by atoms with Crippen molar-refractivity contribution < 1.29 is 0 Å². The van der Waals surface area contributed by atoms with Gasteiger partial charge in [-0.3, -0.25) is 9.97 Å². The van der Waals surface area contributed by atoms with E-state index in [1.807, 2.05) is 210 Å². The summed E-state index contributed by atoms with van der Waals surface area (Å²) in [6.45, 7) is 12.1. The highest BCUT2D eigenvalue weighted by molar-refractivity contribution is 5.83. The Balaban J connectivity index is 0.000000118. The third-order valence-electron chi connectivity index (χ3n) is 17.4. The molecule has 10 aromatic carbocycles. The molecule has 0 unspecified atom stereocenters. The van der Waals surface area contributed by atoms with Crippen LogP contribution in [0.1, 0.15) is 48.3 Å². The third-order valence-corrected chi connectivity index (χ3v) is 17.4. The van der Waals surface area contributed by atoms with Gasteiger partial charge in [0.05, 0.1) is 0 Å². The maximum atomic E-state index is 4.77. The van der Waals surface area contributed by atoms with Gasteiger partial charge in [-0.05, 0) is 102 Å². The summed E-state index contributed by atoms with van der Waals surface area (Å²) in [6, 6.07) is 102. The van der Waals surface area contributed by atoms with Gasteiger partial charge in [0, 0.05) is 56.8 Å². The summed E-state index contributed by atoms with van der Waals surface area (Å²) in [4.78, 5) is 63.4. The highest BCUT2D eigenvalue weighted by Crippen LogP contribution is 2.49. The topological polar surface area (TPSA) is 180 Å². The van der Waals surface area contributed by atoms with Gasteiger partial charge in [-0.15, -0.1) is 0 Å². The number of nitrogens with zero attached hydrogens (tertiary/aromatic N) is 14. The van der Waals surface area contributed by atoms with Gasteiger partial charge in [-0.1, -0.05) is 293 Å². The van der Waals surface area contributed by atoms with Gasteiger partial charge < -0.3 is 0 Å². The van der Waals surface area contributed by atoms with E-state index in [2.05, 4.69) is 201 Å². The van der Waals surface area contributed by atoms with Gasteiger partial charge in [-0.25, -0.2) is 59.8 Å². The second kappa shape index (κ2) is 30.8. The molecule has 0 atom stereocenters. The van der Waals surface area contributed by atoms with E-state index in [1.54, 1.807) is 6.20 Å². The van der Waals surface area contributed by atoms with Gasteiger partial charge in [0.15, 0.2) is 46.6 Å². The number of fused-ring (bicyclic) bond motifs is 3. The number of aromatic nitrogens is 14. The molecule has 0 fully saturated rings. The molecule has 6 heterocycles. The number of pyridine rings is 2. The van der Waals surface area contributed by atoms with Gasteiger partial charge in [0.1, 0.15) is 34.7 Å². The zero-order valence-electron chi connectivity index (χ0n) is 57.8. The Kier molecular flexibility index (Phi) is 19.9. The Labute approximate surface area is 599 Å². The van der Waals surface area contributed by atoms with Crippen LogP contribution in [0.15, 0.2) is 316 Å². The minimum Gasteiger partial charge on any atom is -0.253 e. The first kappa shape index (κ1) is 66.8. The zero-order valence-corrected chi connectivity index (χ0v) is 57.8. The van der Waals surface area contributed by atoms with Gasteiger partial charge in [-0.2, -0.15) is 0 Å². The Bertz CT molecular complexity index is 5370. The standard InChI is InChI=1S/C28H21N3.C25H21N3.C21H16N4.C15H12N4/c1-20-29-27(25-16-12-23(13-17-25)21-8-4-2-5-9-21)31-28(30-20)26-18-14-24(15-19-26)22-10-6-3-7-11-22;1-16-26-23(17-9-5-4-6-10-17)28-24(27-16)18-13-14-20-19-11-7-8-12-21(19)25(2,3)22(20)15-18;1-15-23-20(17-10-6-3-7-11-17)25-21(24-15)19-13-12-18(14-22-19)16-8-4-2-5-9-16;1-11-17-14(12-7-3-2-4-8-12)19-15(18-11)13-9-5-6-10-16-13/h2-19H,1H3;4-15H,1-3H3;2-14H,1H3;2-10H,1H3. The second-order valence-electron chi connectivity index (χ2n) is 25.0. The number of benzene rings is 10. The molecule has 1 aliphatic carbocycles. The van der Waals surface area contributed by atoms with Crippen LogP contribution in [-0.2, 0) is 5.41 Å². The van der Waals surface area contributed by atoms with Crippen molar-refractivity contribution in [2.75, 3.05) is 0 Å². The fourth-order valence-corrected chi connectivity index (χ4v) is 12.2. The molecular formula is C89H70N14. The SMILES string of the molecule is Cc1nc(-c2ccc(-c3ccccc3)cc2)nc(-c2ccc(-c3ccccc3)cc2)n1.Cc1nc(-c2ccccc2)nc(-c2ccc(-c3ccccc3)cn2)n1.Cc1nc(-c2ccccc2)nc(-c2ccc3c(c2)C(C)(C)c2ccccc2-3)n1.Cc1nc(-c2ccccc2)nc(-c2ccccn2)n1. The molecule has 14 nitrogen and oxygen atoms in total. The van der Waals surface area contributed by atoms with Crippen molar-refractivity contribution >= 4 is 0 Å². The Morgan fingerprint density at radius 3 is 0.874 bits per heavy atom. The number of hydrogen-bond acceptors (Lipinski definition) is 14. The van der Waals surface area contributed by atoms with Crippen LogP contribution >= 0.6 is 0 Å². The fraction of sp³-hybridized carbons (Fsp3) is 0.0787. The molecule has 0 spiro atoms. The van der Waals surface area contributed by atoms with Crippen LogP contribution in [0, 0.1) is 27.7 Å². The molecule has 103 heavy (non-hydrogen) atoms. The van der Waals surface area contributed by atoms with Crippen LogP contribution in [-0.4, -0.2) is 69.8 Å². The fourth-order valence-electron chi connectivity index (χ4n) is 12.2. The summed E-state index contributed by atoms with van der Waals surface area (Å²) in [5, 5.41) is 0. The van der Waals surface area contributed by atoms with Crippen LogP contribution in [0.5, 0.6) is 0 Å². The van der Waals surface area contributed by atoms with Crippen molar-refractivity contribution in [3.05, 3.63) is 350 Å². The first-order valence-electron chi connectivity index (χ1n) is 34.0. The van der Waals surface area contributed by atoms with Crippen LogP contribution in [0.25, 0.3) is 136 Å². The Hall–Kier alpha value is -13.5. The first-order valence-corrected chi connectivity index (χ1v) is 34.0. The van der Waals surface area contributed by atoms with Crippen molar-refractivity contribution in [1.82, 2.24) is 69.8 Å². The molecule has 0 saturated carbocycles. The molecule has 0 radical (unpaired) electrons. The van der Waals surface area contributed by atoms with E-state index in [4.69, 9.17) is 9.97 Å². The lowest BCUT2D eigenvalue weighted by Gasteiger charge is -2.21. The molecule has 14 heteroatoms. The molecular weight excluding hydrogens is 1270 g/mol. The number of rotatable bonds is 11. The smallest absolute Gasteiger partial charge is 0.182 e. The maximum Gasteiger partial charge on any atom is 0.182 e. The van der Waals surface area contributed by atoms with Crippen molar-refractivity contribution in [2.24, 2.45) is 0 Å². The van der Waals surface area contributed by atoms with E-state index in [1.165, 1.54) is 44.5 Å². The minimum atomic E-state index is -0.0354. The van der Waals surface area contributed by atoms with Crippen molar-refractivity contribution in [3.63, 3.8) is 0 Å². The van der Waals surface area contributed by atoms with Crippen molar-refractivity contribution in [2.45, 2.75) is 47.0 Å². The van der Waals surface area contributed by atoms with Crippen molar-refractivity contribution in [1.29, 1.82) is 0 Å². The second-order valence-corrected chi connectivity index (χ2v) is 25.0. The third kappa shape index (κ3) is 15.8. The summed E-state index contributed by atoms with van der Waals surface area (Å²) in [5.41, 5.74) is 19.7. The predicted molar refractivity (Wildman–Crippen MR) is 411 cm³/mol. The monoisotopic (exact) mass is 1330 g/mol. The molecule has 0 aliphatic heterocycles. The maximum absolute atomic E-state index is 4.77. The van der Waals surface area contributed by atoms with Crippen LogP contribution in [0.3, 0.4) is 0 Å². The molecule has 6 aromatic heterocycles. The summed E-state index contributed by atoms with van der Waals surface area (Å²) < 4.78 is 0. The highest BCUT2D eigenvalue weighted by Gasteiger charge is 2.35. The number of hydrogen-bond donors (Lipinski definition) is 0. The van der Waals surface area contributed by atoms with Gasteiger partial charge >= 0.3 is 0 Å². The molecule has 17 rings (SSSR count). The van der Waals surface area contributed by atoms with Crippen LogP contribution < -0.4 is 0 Å². The summed E-state index contributed by atoms with van der Waals surface area (Å²) in [7, 11) is 0. The Morgan fingerprint density at radius 2 is 0.485 bits per heavy atom. The Morgan fingerprint density at radius 1 is 0.204 bits per heavy atom. The average molecular weight is 1340 g/mol. The van der Waals surface area contributed by atoms with E-state index in [9.17, 15) is 0 Å². The van der Waals surface area contributed by atoms with E-state index in [0.717, 1.165) is 67.5 Å². The van der Waals surface area contributed by atoms with Gasteiger partial charge in [0.25, 0.3) is 0 Å².